The second-order valence-electron chi connectivity index (χ2n) is 4.56. The molecule has 1 atom stereocenters. The topological polar surface area (TPSA) is 115 Å². The summed E-state index contributed by atoms with van der Waals surface area (Å²) in [5, 5.41) is 6.92. The highest BCUT2D eigenvalue weighted by Crippen LogP contribution is 2.01. The Morgan fingerprint density at radius 2 is 2.08 bits per heavy atom. The van der Waals surface area contributed by atoms with Crippen molar-refractivity contribution in [2.24, 2.45) is 5.10 Å². The number of carbonyl (C=O) groups is 2. The van der Waals surface area contributed by atoms with Gasteiger partial charge >= 0.3 is 11.9 Å². The van der Waals surface area contributed by atoms with Crippen LogP contribution in [-0.2, 0) is 19.1 Å². The minimum Gasteiger partial charge on any atom is -0.469 e. The zero-order valence-electron chi connectivity index (χ0n) is 13.6. The van der Waals surface area contributed by atoms with E-state index in [1.165, 1.54) is 14.2 Å². The molecule has 1 unspecified atom stereocenters. The molecule has 1 aromatic heterocycles. The maximum atomic E-state index is 11.7. The molecule has 1 aromatic rings. The SMILES string of the molecule is COC(=O)CCC(NC(=S)NN=C(C)c1cnccn1)C(=O)OC. The van der Waals surface area contributed by atoms with Gasteiger partial charge < -0.3 is 14.8 Å². The lowest BCUT2D eigenvalue weighted by Crippen LogP contribution is -2.45. The number of esters is 2. The summed E-state index contributed by atoms with van der Waals surface area (Å²) in [4.78, 5) is 31.0. The summed E-state index contributed by atoms with van der Waals surface area (Å²) in [6, 6.07) is -0.791. The number of hydrogen-bond acceptors (Lipinski definition) is 8. The number of nitrogens with zero attached hydrogens (tertiary/aromatic N) is 3. The molecule has 0 aliphatic heterocycles. The molecule has 0 aliphatic carbocycles. The highest BCUT2D eigenvalue weighted by atomic mass is 32.1. The lowest BCUT2D eigenvalue weighted by molar-refractivity contribution is -0.144. The molecule has 0 radical (unpaired) electrons. The van der Waals surface area contributed by atoms with E-state index in [1.807, 2.05) is 0 Å². The van der Waals surface area contributed by atoms with Crippen LogP contribution in [0.4, 0.5) is 0 Å². The molecule has 2 N–H and O–H groups in total. The Morgan fingerprint density at radius 3 is 2.67 bits per heavy atom. The third-order valence-electron chi connectivity index (χ3n) is 2.91. The van der Waals surface area contributed by atoms with E-state index in [0.29, 0.717) is 11.4 Å². The van der Waals surface area contributed by atoms with Crippen LogP contribution < -0.4 is 10.7 Å². The Kier molecular flexibility index (Phi) is 8.26. The molecule has 0 saturated heterocycles. The number of hydrazone groups is 1. The van der Waals surface area contributed by atoms with Gasteiger partial charge in [-0.2, -0.15) is 5.10 Å². The van der Waals surface area contributed by atoms with Gasteiger partial charge in [0.15, 0.2) is 5.11 Å². The van der Waals surface area contributed by atoms with Crippen LogP contribution in [-0.4, -0.2) is 53.0 Å². The van der Waals surface area contributed by atoms with E-state index in [-0.39, 0.29) is 18.0 Å². The van der Waals surface area contributed by atoms with Crippen LogP contribution >= 0.6 is 12.2 Å². The Labute approximate surface area is 144 Å². The number of rotatable bonds is 7. The number of nitrogens with one attached hydrogen (secondary N) is 2. The zero-order valence-corrected chi connectivity index (χ0v) is 14.4. The van der Waals surface area contributed by atoms with Crippen molar-refractivity contribution < 1.29 is 19.1 Å². The molecule has 0 amide bonds. The Morgan fingerprint density at radius 1 is 1.33 bits per heavy atom. The molecule has 0 aliphatic rings. The van der Waals surface area contributed by atoms with Crippen molar-refractivity contribution in [2.75, 3.05) is 14.2 Å². The van der Waals surface area contributed by atoms with E-state index in [9.17, 15) is 9.59 Å². The number of thiocarbonyl (C=S) groups is 1. The largest absolute Gasteiger partial charge is 0.469 e. The van der Waals surface area contributed by atoms with Gasteiger partial charge in [0.2, 0.25) is 0 Å². The van der Waals surface area contributed by atoms with E-state index in [2.05, 4.69) is 35.3 Å². The fourth-order valence-electron chi connectivity index (χ4n) is 1.62. The van der Waals surface area contributed by atoms with Gasteiger partial charge in [0, 0.05) is 18.8 Å². The summed E-state index contributed by atoms with van der Waals surface area (Å²) in [6.07, 6.45) is 4.89. The summed E-state index contributed by atoms with van der Waals surface area (Å²) in [7, 11) is 2.53. The number of methoxy groups -OCH3 is 2. The Balaban J connectivity index is 2.61. The summed E-state index contributed by atoms with van der Waals surface area (Å²) in [5.41, 5.74) is 3.76. The van der Waals surface area contributed by atoms with Crippen LogP contribution in [0.25, 0.3) is 0 Å². The maximum Gasteiger partial charge on any atom is 0.328 e. The van der Waals surface area contributed by atoms with Gasteiger partial charge in [0.05, 0.1) is 26.1 Å². The molecule has 1 heterocycles. The molecular formula is C14H19N5O4S. The zero-order chi connectivity index (χ0) is 17.9. The van der Waals surface area contributed by atoms with Gasteiger partial charge in [-0.15, -0.1) is 0 Å². The molecule has 130 valence electrons. The summed E-state index contributed by atoms with van der Waals surface area (Å²) < 4.78 is 9.22. The standard InChI is InChI=1S/C14H19N5O4S/c1-9(11-8-15-6-7-16-11)18-19-14(24)17-10(13(21)23-3)4-5-12(20)22-2/h6-8,10H,4-5H2,1-3H3,(H2,17,19,24). The van der Waals surface area contributed by atoms with Crippen LogP contribution in [0.1, 0.15) is 25.5 Å². The van der Waals surface area contributed by atoms with Gasteiger partial charge in [-0.3, -0.25) is 20.2 Å². The van der Waals surface area contributed by atoms with E-state index in [4.69, 9.17) is 12.2 Å². The minimum absolute atomic E-state index is 0.0494. The Hall–Kier alpha value is -2.62. The first-order valence-electron chi connectivity index (χ1n) is 6.99. The van der Waals surface area contributed by atoms with Crippen LogP contribution in [0.2, 0.25) is 0 Å². The van der Waals surface area contributed by atoms with Gasteiger partial charge in [0.1, 0.15) is 11.7 Å². The molecule has 0 aromatic carbocycles. The molecule has 9 nitrogen and oxygen atoms in total. The lowest BCUT2D eigenvalue weighted by atomic mass is 10.1. The fourth-order valence-corrected chi connectivity index (χ4v) is 1.81. The second kappa shape index (κ2) is 10.2. The monoisotopic (exact) mass is 353 g/mol. The second-order valence-corrected chi connectivity index (χ2v) is 4.97. The van der Waals surface area contributed by atoms with Crippen molar-refractivity contribution in [3.8, 4) is 0 Å². The molecular weight excluding hydrogens is 334 g/mol. The predicted octanol–water partition coefficient (Wildman–Crippen LogP) is 0.159. The highest BCUT2D eigenvalue weighted by Gasteiger charge is 2.21. The number of ether oxygens (including phenoxy) is 2. The normalized spacial score (nSPS) is 12.0. The van der Waals surface area contributed by atoms with E-state index < -0.39 is 18.0 Å². The quantitative estimate of drug-likeness (QED) is 0.306. The van der Waals surface area contributed by atoms with Crippen LogP contribution in [0.15, 0.2) is 23.7 Å². The van der Waals surface area contributed by atoms with Crippen molar-refractivity contribution in [3.05, 3.63) is 24.3 Å². The Bertz CT molecular complexity index is 608. The smallest absolute Gasteiger partial charge is 0.328 e. The summed E-state index contributed by atoms with van der Waals surface area (Å²) in [6.45, 7) is 1.73. The van der Waals surface area contributed by atoms with Gasteiger partial charge in [0.25, 0.3) is 0 Å². The third-order valence-corrected chi connectivity index (χ3v) is 3.12. The van der Waals surface area contributed by atoms with Crippen LogP contribution in [0.3, 0.4) is 0 Å². The van der Waals surface area contributed by atoms with Crippen LogP contribution in [0.5, 0.6) is 0 Å². The molecule has 0 bridgehead atoms. The van der Waals surface area contributed by atoms with E-state index in [0.717, 1.165) is 0 Å². The van der Waals surface area contributed by atoms with E-state index >= 15 is 0 Å². The minimum atomic E-state index is -0.791. The maximum absolute atomic E-state index is 11.7. The number of hydrogen-bond donors (Lipinski definition) is 2. The molecule has 0 spiro atoms. The van der Waals surface area contributed by atoms with Crippen molar-refractivity contribution in [1.82, 2.24) is 20.7 Å². The summed E-state index contributed by atoms with van der Waals surface area (Å²) in [5.74, 6) is -0.973. The number of carbonyl (C=O) groups excluding carboxylic acids is 2. The average molecular weight is 353 g/mol. The van der Waals surface area contributed by atoms with Gasteiger partial charge in [-0.1, -0.05) is 0 Å². The van der Waals surface area contributed by atoms with Crippen LogP contribution in [0, 0.1) is 0 Å². The average Bonchev–Trinajstić information content (AvgIpc) is 2.62. The predicted molar refractivity (Wildman–Crippen MR) is 90.2 cm³/mol. The van der Waals surface area contributed by atoms with Crippen molar-refractivity contribution in [3.63, 3.8) is 0 Å². The molecule has 0 saturated carbocycles. The van der Waals surface area contributed by atoms with Crippen molar-refractivity contribution >= 4 is 35.0 Å². The number of aromatic nitrogens is 2. The van der Waals surface area contributed by atoms with Gasteiger partial charge in [-0.05, 0) is 25.6 Å². The third kappa shape index (κ3) is 6.65. The summed E-state index contributed by atoms with van der Waals surface area (Å²) >= 11 is 5.08. The molecule has 10 heteroatoms. The first kappa shape index (κ1) is 19.4. The van der Waals surface area contributed by atoms with Gasteiger partial charge in [-0.25, -0.2) is 4.79 Å². The highest BCUT2D eigenvalue weighted by molar-refractivity contribution is 7.80. The molecule has 1 rings (SSSR count). The first-order valence-corrected chi connectivity index (χ1v) is 7.40. The fraction of sp³-hybridized carbons (Fsp3) is 0.429. The molecule has 24 heavy (non-hydrogen) atoms. The van der Waals surface area contributed by atoms with Crippen molar-refractivity contribution in [2.45, 2.75) is 25.8 Å². The lowest BCUT2D eigenvalue weighted by Gasteiger charge is -2.17. The van der Waals surface area contributed by atoms with Crippen molar-refractivity contribution in [1.29, 1.82) is 0 Å². The van der Waals surface area contributed by atoms with E-state index in [1.54, 1.807) is 25.5 Å². The molecule has 0 fully saturated rings. The first-order chi connectivity index (χ1) is 11.5.